The molecule has 150 valence electrons. The Labute approximate surface area is 171 Å². The first-order chi connectivity index (χ1) is 13.9. The van der Waals surface area contributed by atoms with E-state index < -0.39 is 0 Å². The van der Waals surface area contributed by atoms with Gasteiger partial charge in [0.25, 0.3) is 0 Å². The second-order valence-corrected chi connectivity index (χ2v) is 7.86. The maximum absolute atomic E-state index is 11.5. The van der Waals surface area contributed by atoms with Crippen molar-refractivity contribution in [1.82, 2.24) is 5.16 Å². The van der Waals surface area contributed by atoms with Crippen LogP contribution in [-0.2, 0) is 6.42 Å². The van der Waals surface area contributed by atoms with Crippen LogP contribution in [0.3, 0.4) is 0 Å². The van der Waals surface area contributed by atoms with Crippen LogP contribution in [0.25, 0.3) is 28.0 Å². The molecule has 4 rings (SSSR count). The number of ether oxygens (including phenoxy) is 1. The quantitative estimate of drug-likeness (QED) is 0.491. The molecule has 0 unspecified atom stereocenters. The van der Waals surface area contributed by atoms with E-state index in [1.54, 1.807) is 0 Å². The minimum atomic E-state index is 0.225. The number of phenols is 1. The fourth-order valence-electron chi connectivity index (χ4n) is 4.21. The summed E-state index contributed by atoms with van der Waals surface area (Å²) in [6, 6.07) is 8.17. The Balaban J connectivity index is 2.00. The van der Waals surface area contributed by atoms with E-state index in [0.717, 1.165) is 64.8 Å². The predicted octanol–water partition coefficient (Wildman–Crippen LogP) is 6.74. The molecule has 2 heterocycles. The van der Waals surface area contributed by atoms with Crippen LogP contribution in [0.15, 0.2) is 35.4 Å². The van der Waals surface area contributed by atoms with E-state index in [-0.39, 0.29) is 5.75 Å². The van der Waals surface area contributed by atoms with E-state index in [1.807, 2.05) is 32.9 Å². The second kappa shape index (κ2) is 7.43. The summed E-state index contributed by atoms with van der Waals surface area (Å²) in [6.07, 6.45) is 4.17. The number of nitrogens with zero attached hydrogens (tertiary/aromatic N) is 1. The number of aromatic nitrogens is 1. The molecule has 29 heavy (non-hydrogen) atoms. The first-order valence-corrected chi connectivity index (χ1v) is 10.2. The molecule has 0 saturated heterocycles. The molecule has 1 aliphatic rings. The van der Waals surface area contributed by atoms with Gasteiger partial charge in [0.15, 0.2) is 0 Å². The smallest absolute Gasteiger partial charge is 0.141 e. The van der Waals surface area contributed by atoms with Gasteiger partial charge in [-0.2, -0.15) is 0 Å². The molecule has 4 heteroatoms. The standard InChI is InChI=1S/C25H27NO3/c1-6-7-8-9-18-13-21-24(20-12-14(2)10-11-19(20)16(4)28-21)25(27)23(18)22-15(3)26-29-17(22)5/h10-13,27H,4,6-9H2,1-3,5H3. The lowest BCUT2D eigenvalue weighted by Gasteiger charge is -2.26. The summed E-state index contributed by atoms with van der Waals surface area (Å²) in [6.45, 7) is 12.1. The topological polar surface area (TPSA) is 55.5 Å². The van der Waals surface area contributed by atoms with Crippen LogP contribution >= 0.6 is 0 Å². The van der Waals surface area contributed by atoms with Gasteiger partial charge in [-0.1, -0.05) is 55.3 Å². The van der Waals surface area contributed by atoms with E-state index in [2.05, 4.69) is 30.8 Å². The number of benzene rings is 2. The minimum absolute atomic E-state index is 0.225. The van der Waals surface area contributed by atoms with Crippen molar-refractivity contribution in [1.29, 1.82) is 0 Å². The van der Waals surface area contributed by atoms with E-state index >= 15 is 0 Å². The highest BCUT2D eigenvalue weighted by atomic mass is 16.5. The van der Waals surface area contributed by atoms with Crippen LogP contribution in [0.4, 0.5) is 0 Å². The van der Waals surface area contributed by atoms with Gasteiger partial charge < -0.3 is 14.4 Å². The highest BCUT2D eigenvalue weighted by Gasteiger charge is 2.29. The number of aromatic hydroxyl groups is 1. The molecule has 0 saturated carbocycles. The van der Waals surface area contributed by atoms with Gasteiger partial charge in [0.05, 0.1) is 16.8 Å². The third-order valence-corrected chi connectivity index (χ3v) is 5.66. The molecule has 3 aromatic rings. The van der Waals surface area contributed by atoms with Gasteiger partial charge in [-0.15, -0.1) is 0 Å². The monoisotopic (exact) mass is 389 g/mol. The molecule has 0 amide bonds. The van der Waals surface area contributed by atoms with Gasteiger partial charge in [-0.05, 0) is 45.2 Å². The number of phenolic OH excluding ortho intramolecular Hbond substituents is 1. The highest BCUT2D eigenvalue weighted by molar-refractivity contribution is 5.95. The molecule has 0 atom stereocenters. The van der Waals surface area contributed by atoms with Crippen molar-refractivity contribution in [2.45, 2.75) is 53.4 Å². The van der Waals surface area contributed by atoms with Crippen molar-refractivity contribution in [2.75, 3.05) is 0 Å². The zero-order valence-electron chi connectivity index (χ0n) is 17.6. The van der Waals surface area contributed by atoms with Crippen LogP contribution in [0.5, 0.6) is 11.5 Å². The van der Waals surface area contributed by atoms with Crippen molar-refractivity contribution < 1.29 is 14.4 Å². The van der Waals surface area contributed by atoms with Crippen LogP contribution in [0.1, 0.15) is 54.3 Å². The molecule has 2 aromatic carbocycles. The summed E-state index contributed by atoms with van der Waals surface area (Å²) in [5.74, 6) is 2.20. The number of hydrogen-bond donors (Lipinski definition) is 1. The summed E-state index contributed by atoms with van der Waals surface area (Å²) < 4.78 is 11.5. The van der Waals surface area contributed by atoms with Crippen LogP contribution in [-0.4, -0.2) is 10.3 Å². The third-order valence-electron chi connectivity index (χ3n) is 5.66. The summed E-state index contributed by atoms with van der Waals surface area (Å²) in [5.41, 5.74) is 7.19. The van der Waals surface area contributed by atoms with Crippen LogP contribution in [0, 0.1) is 20.8 Å². The summed E-state index contributed by atoms with van der Waals surface area (Å²) in [4.78, 5) is 0. The minimum Gasteiger partial charge on any atom is -0.506 e. The molecule has 0 bridgehead atoms. The summed E-state index contributed by atoms with van der Waals surface area (Å²) in [7, 11) is 0. The Kier molecular flexibility index (Phi) is 4.95. The average Bonchev–Trinajstić information content (AvgIpc) is 3.00. The molecular formula is C25H27NO3. The number of rotatable bonds is 5. The van der Waals surface area contributed by atoms with Gasteiger partial charge >= 0.3 is 0 Å². The highest BCUT2D eigenvalue weighted by Crippen LogP contribution is 2.52. The van der Waals surface area contributed by atoms with Gasteiger partial charge in [0.2, 0.25) is 0 Å². The first kappa shape index (κ1) is 19.3. The van der Waals surface area contributed by atoms with Crippen LogP contribution in [0.2, 0.25) is 0 Å². The fourth-order valence-corrected chi connectivity index (χ4v) is 4.21. The largest absolute Gasteiger partial charge is 0.506 e. The van der Waals surface area contributed by atoms with Gasteiger partial charge in [-0.25, -0.2) is 0 Å². The number of fused-ring (bicyclic) bond motifs is 3. The zero-order chi connectivity index (χ0) is 20.7. The first-order valence-electron chi connectivity index (χ1n) is 10.2. The van der Waals surface area contributed by atoms with Crippen LogP contribution < -0.4 is 4.74 Å². The molecular weight excluding hydrogens is 362 g/mol. The lowest BCUT2D eigenvalue weighted by molar-refractivity contribution is 0.393. The Bertz CT molecular complexity index is 1090. The molecule has 1 aromatic heterocycles. The SMILES string of the molecule is C=C1Oc2cc(CCCCC)c(-c3c(C)noc3C)c(O)c2-c2cc(C)ccc21. The Morgan fingerprint density at radius 3 is 2.48 bits per heavy atom. The normalized spacial score (nSPS) is 12.5. The molecule has 0 aliphatic carbocycles. The number of unbranched alkanes of at least 4 members (excludes halogenated alkanes) is 2. The number of hydrogen-bond acceptors (Lipinski definition) is 4. The van der Waals surface area contributed by atoms with E-state index in [9.17, 15) is 5.11 Å². The molecule has 1 aliphatic heterocycles. The third kappa shape index (κ3) is 3.23. The summed E-state index contributed by atoms with van der Waals surface area (Å²) in [5, 5.41) is 15.7. The Morgan fingerprint density at radius 2 is 1.79 bits per heavy atom. The maximum Gasteiger partial charge on any atom is 0.141 e. The lowest BCUT2D eigenvalue weighted by atomic mass is 9.86. The van der Waals surface area contributed by atoms with E-state index in [0.29, 0.717) is 22.8 Å². The van der Waals surface area contributed by atoms with Crippen molar-refractivity contribution in [3.05, 3.63) is 59.0 Å². The molecule has 4 nitrogen and oxygen atoms in total. The van der Waals surface area contributed by atoms with Crippen molar-refractivity contribution in [3.8, 4) is 33.8 Å². The van der Waals surface area contributed by atoms with Crippen molar-refractivity contribution >= 4 is 5.76 Å². The van der Waals surface area contributed by atoms with Crippen molar-refractivity contribution in [2.24, 2.45) is 0 Å². The second-order valence-electron chi connectivity index (χ2n) is 7.86. The van der Waals surface area contributed by atoms with Gasteiger partial charge in [0, 0.05) is 16.7 Å². The fraction of sp³-hybridized carbons (Fsp3) is 0.320. The molecule has 1 N–H and O–H groups in total. The summed E-state index contributed by atoms with van der Waals surface area (Å²) >= 11 is 0. The predicted molar refractivity (Wildman–Crippen MR) is 116 cm³/mol. The molecule has 0 radical (unpaired) electrons. The average molecular weight is 389 g/mol. The molecule has 0 spiro atoms. The molecule has 0 fully saturated rings. The maximum atomic E-state index is 11.5. The van der Waals surface area contributed by atoms with Gasteiger partial charge in [0.1, 0.15) is 23.0 Å². The van der Waals surface area contributed by atoms with Gasteiger partial charge in [-0.3, -0.25) is 0 Å². The Hall–Kier alpha value is -3.01. The van der Waals surface area contributed by atoms with Crippen molar-refractivity contribution in [3.63, 3.8) is 0 Å². The van der Waals surface area contributed by atoms with E-state index in [4.69, 9.17) is 9.26 Å². The number of aryl methyl sites for hydroxylation is 4. The Morgan fingerprint density at radius 1 is 1.00 bits per heavy atom. The zero-order valence-corrected chi connectivity index (χ0v) is 17.6. The van der Waals surface area contributed by atoms with E-state index in [1.165, 1.54) is 0 Å². The lowest BCUT2D eigenvalue weighted by Crippen LogP contribution is -2.07.